The van der Waals surface area contributed by atoms with Gasteiger partial charge in [0.2, 0.25) is 0 Å². The van der Waals surface area contributed by atoms with E-state index in [0.717, 1.165) is 19.3 Å². The summed E-state index contributed by atoms with van der Waals surface area (Å²) in [6.07, 6.45) is 23.6. The molecule has 0 amide bonds. The van der Waals surface area contributed by atoms with Crippen molar-refractivity contribution >= 4 is 0 Å². The molecule has 3 atom stereocenters. The zero-order chi connectivity index (χ0) is 25.8. The van der Waals surface area contributed by atoms with Crippen molar-refractivity contribution in [2.24, 2.45) is 5.92 Å². The third-order valence-corrected chi connectivity index (χ3v) is 6.33. The maximum absolute atomic E-state index is 6.00. The van der Waals surface area contributed by atoms with E-state index in [9.17, 15) is 0 Å². The van der Waals surface area contributed by atoms with Gasteiger partial charge in [-0.1, -0.05) is 114 Å². The molecule has 0 aromatic heterocycles. The third-order valence-electron chi connectivity index (χ3n) is 6.33. The lowest BCUT2D eigenvalue weighted by molar-refractivity contribution is 0.304. The molecule has 0 bridgehead atoms. The molecule has 0 spiro atoms. The number of hydrogen-bond acceptors (Lipinski definition) is 1. The second-order valence-electron chi connectivity index (χ2n) is 9.22. The van der Waals surface area contributed by atoms with E-state index in [0.29, 0.717) is 12.0 Å². The molecule has 186 valence electrons. The summed E-state index contributed by atoms with van der Waals surface area (Å²) in [5.41, 5.74) is 3.76. The molecule has 2 rings (SSSR count). The maximum atomic E-state index is 6.00. The molecular formula is C33H49N. The molecule has 3 unspecified atom stereocenters. The summed E-state index contributed by atoms with van der Waals surface area (Å²) in [7, 11) is 0. The Morgan fingerprint density at radius 3 is 2.06 bits per heavy atom. The molecule has 1 nitrogen and oxygen atoms in total. The molecular weight excluding hydrogens is 410 g/mol. The topological polar surface area (TPSA) is 12.0 Å². The highest BCUT2D eigenvalue weighted by Gasteiger charge is 2.26. The lowest BCUT2D eigenvalue weighted by Gasteiger charge is -2.32. The number of unbranched alkanes of at least 4 members (excludes halogenated alkanes) is 3. The van der Waals surface area contributed by atoms with Gasteiger partial charge in [0, 0.05) is 12.5 Å². The van der Waals surface area contributed by atoms with Gasteiger partial charge in [0.05, 0.1) is 5.54 Å². The molecule has 0 aliphatic carbocycles. The van der Waals surface area contributed by atoms with Crippen LogP contribution in [0.5, 0.6) is 0 Å². The highest BCUT2D eigenvalue weighted by Crippen LogP contribution is 2.20. The van der Waals surface area contributed by atoms with Crippen LogP contribution in [0.1, 0.15) is 90.3 Å². The zero-order valence-corrected chi connectivity index (χ0v) is 22.7. The van der Waals surface area contributed by atoms with Crippen molar-refractivity contribution in [1.82, 2.24) is 5.32 Å². The average Bonchev–Trinajstić information content (AvgIpc) is 2.88. The smallest absolute Gasteiger partial charge is 0.0812 e. The van der Waals surface area contributed by atoms with Gasteiger partial charge in [0.25, 0.3) is 0 Å². The van der Waals surface area contributed by atoms with Crippen molar-refractivity contribution in [3.8, 4) is 25.2 Å². The highest BCUT2D eigenvalue weighted by molar-refractivity contribution is 5.29. The molecule has 0 fully saturated rings. The van der Waals surface area contributed by atoms with Gasteiger partial charge >= 0.3 is 0 Å². The molecule has 0 radical (unpaired) electrons. The first-order valence-corrected chi connectivity index (χ1v) is 13.2. The van der Waals surface area contributed by atoms with Crippen molar-refractivity contribution in [3.05, 3.63) is 71.3 Å². The van der Waals surface area contributed by atoms with E-state index in [-0.39, 0.29) is 5.54 Å². The number of rotatable bonds is 13. The minimum Gasteiger partial charge on any atom is -0.298 e. The predicted molar refractivity (Wildman–Crippen MR) is 153 cm³/mol. The Hall–Kier alpha value is -2.48. The number of terminal acetylenes is 2. The summed E-state index contributed by atoms with van der Waals surface area (Å²) in [6.45, 7) is 13.1. The highest BCUT2D eigenvalue weighted by atomic mass is 15.0. The molecule has 0 heterocycles. The normalized spacial score (nSPS) is 13.6. The van der Waals surface area contributed by atoms with E-state index in [1.165, 1.54) is 48.8 Å². The van der Waals surface area contributed by atoms with Crippen LogP contribution in [0.25, 0.3) is 0 Å². The second kappa shape index (κ2) is 18.9. The van der Waals surface area contributed by atoms with Gasteiger partial charge in [-0.2, -0.15) is 0 Å². The predicted octanol–water partition coefficient (Wildman–Crippen LogP) is 8.27. The summed E-state index contributed by atoms with van der Waals surface area (Å²) in [6, 6.07) is 20.1. The largest absolute Gasteiger partial charge is 0.298 e. The van der Waals surface area contributed by atoms with Crippen LogP contribution in [0, 0.1) is 31.1 Å². The van der Waals surface area contributed by atoms with Crippen LogP contribution in [0.15, 0.2) is 54.6 Å². The summed E-state index contributed by atoms with van der Waals surface area (Å²) >= 11 is 0. The van der Waals surface area contributed by atoms with Gasteiger partial charge in [-0.05, 0) is 55.7 Å². The minimum atomic E-state index is -0.324. The number of benzene rings is 2. The number of hydrogen-bond donors (Lipinski definition) is 1. The minimum absolute atomic E-state index is 0.324. The van der Waals surface area contributed by atoms with E-state index in [4.69, 9.17) is 6.42 Å². The van der Waals surface area contributed by atoms with Gasteiger partial charge in [0.15, 0.2) is 0 Å². The van der Waals surface area contributed by atoms with Crippen LogP contribution < -0.4 is 5.32 Å². The fraction of sp³-hybridized carbons (Fsp3) is 0.515. The first-order chi connectivity index (χ1) is 16.5. The van der Waals surface area contributed by atoms with Crippen molar-refractivity contribution in [3.63, 3.8) is 0 Å². The molecule has 1 heteroatoms. The molecule has 2 aromatic rings. The van der Waals surface area contributed by atoms with E-state index in [1.54, 1.807) is 0 Å². The number of nitrogens with one attached hydrogen (secondary N) is 1. The van der Waals surface area contributed by atoms with Crippen molar-refractivity contribution in [2.75, 3.05) is 0 Å². The van der Waals surface area contributed by atoms with Gasteiger partial charge in [-0.25, -0.2) is 0 Å². The molecule has 0 aliphatic heterocycles. The molecule has 2 aromatic carbocycles. The first-order valence-electron chi connectivity index (χ1n) is 13.2. The number of aryl methyl sites for hydroxylation is 2. The van der Waals surface area contributed by atoms with Crippen LogP contribution in [0.4, 0.5) is 0 Å². The summed E-state index contributed by atoms with van der Waals surface area (Å²) in [4.78, 5) is 0. The fourth-order valence-corrected chi connectivity index (χ4v) is 4.17. The van der Waals surface area contributed by atoms with Crippen molar-refractivity contribution < 1.29 is 0 Å². The Kier molecular flexibility index (Phi) is 17.5. The molecule has 0 saturated heterocycles. The Labute approximate surface area is 212 Å². The summed E-state index contributed by atoms with van der Waals surface area (Å²) < 4.78 is 0. The lowest BCUT2D eigenvalue weighted by atomic mass is 9.88. The summed E-state index contributed by atoms with van der Waals surface area (Å²) in [5, 5.41) is 3.77. The Bertz CT molecular complexity index is 813. The standard InChI is InChI=1S/C29H41N.C2H6.C2H2/c1-6-8-9-11-15-24(3)25(4)30-29(5,7-2)23-28-19-14-18-27(22-28)21-20-26-16-12-10-13-17-26;2*1-2/h2,10,12-14,16-19,22,24-25,30H,6,8-9,11,15,20-21,23H2,1,3-5H3;1-2H3;1-2H. The molecule has 34 heavy (non-hydrogen) atoms. The SMILES string of the molecule is C#C.C#CC(C)(Cc1cccc(CCc2ccccc2)c1)NC(C)C(C)CCCCCC.CC. The zero-order valence-electron chi connectivity index (χ0n) is 22.7. The van der Waals surface area contributed by atoms with Crippen LogP contribution in [0.2, 0.25) is 0 Å². The van der Waals surface area contributed by atoms with E-state index in [1.807, 2.05) is 13.8 Å². The fourth-order valence-electron chi connectivity index (χ4n) is 4.17. The van der Waals surface area contributed by atoms with Gasteiger partial charge < -0.3 is 0 Å². The van der Waals surface area contributed by atoms with E-state index < -0.39 is 0 Å². The van der Waals surface area contributed by atoms with Crippen molar-refractivity contribution in [1.29, 1.82) is 0 Å². The van der Waals surface area contributed by atoms with Gasteiger partial charge in [-0.3, -0.25) is 5.32 Å². The Morgan fingerprint density at radius 1 is 0.853 bits per heavy atom. The second-order valence-corrected chi connectivity index (χ2v) is 9.22. The van der Waals surface area contributed by atoms with Crippen LogP contribution >= 0.6 is 0 Å². The van der Waals surface area contributed by atoms with Gasteiger partial charge in [0.1, 0.15) is 0 Å². The Balaban J connectivity index is 0.00000258. The molecule has 1 N–H and O–H groups in total. The Morgan fingerprint density at radius 2 is 1.44 bits per heavy atom. The average molecular weight is 460 g/mol. The molecule has 0 saturated carbocycles. The van der Waals surface area contributed by atoms with Crippen LogP contribution in [0.3, 0.4) is 0 Å². The van der Waals surface area contributed by atoms with Crippen LogP contribution in [-0.4, -0.2) is 11.6 Å². The quantitative estimate of drug-likeness (QED) is 0.235. The lowest BCUT2D eigenvalue weighted by Crippen LogP contribution is -2.49. The van der Waals surface area contributed by atoms with Crippen molar-refractivity contribution in [2.45, 2.75) is 104 Å². The molecule has 0 aliphatic rings. The third kappa shape index (κ3) is 12.7. The monoisotopic (exact) mass is 459 g/mol. The van der Waals surface area contributed by atoms with Gasteiger partial charge in [-0.15, -0.1) is 19.3 Å². The maximum Gasteiger partial charge on any atom is 0.0812 e. The van der Waals surface area contributed by atoms with E-state index in [2.05, 4.69) is 106 Å². The van der Waals surface area contributed by atoms with Crippen LogP contribution in [-0.2, 0) is 19.3 Å². The summed E-state index contributed by atoms with van der Waals surface area (Å²) in [5.74, 6) is 3.69. The van der Waals surface area contributed by atoms with E-state index >= 15 is 0 Å². The first kappa shape index (κ1) is 31.5.